The van der Waals surface area contributed by atoms with Gasteiger partial charge in [0.25, 0.3) is 0 Å². The first-order valence-corrected chi connectivity index (χ1v) is 20.5. The van der Waals surface area contributed by atoms with E-state index in [0.717, 1.165) is 23.8 Å². The minimum Gasteiger partial charge on any atom is -0.385 e. The second-order valence-corrected chi connectivity index (χ2v) is 14.4. The summed E-state index contributed by atoms with van der Waals surface area (Å²) in [6, 6.07) is 19.3. The van der Waals surface area contributed by atoms with E-state index in [1.54, 1.807) is 11.3 Å². The number of piperidine rings is 2. The molecule has 3 N–H and O–H groups in total. The number of hydrogen-bond donors (Lipinski definition) is 3. The molecule has 4 nitrogen and oxygen atoms in total. The Labute approximate surface area is 297 Å². The third-order valence-corrected chi connectivity index (χ3v) is 11.8. The summed E-state index contributed by atoms with van der Waals surface area (Å²) in [5.74, 6) is 3.60. The van der Waals surface area contributed by atoms with Crippen LogP contribution in [0.3, 0.4) is 0 Å². The summed E-state index contributed by atoms with van der Waals surface area (Å²) in [5, 5.41) is 11.6. The van der Waals surface area contributed by atoms with E-state index < -0.39 is 0 Å². The van der Waals surface area contributed by atoms with E-state index in [-0.39, 0.29) is 0 Å². The average molecular weight is 659 g/mol. The molecule has 48 heavy (non-hydrogen) atoms. The van der Waals surface area contributed by atoms with Crippen molar-refractivity contribution in [3.63, 3.8) is 0 Å². The van der Waals surface area contributed by atoms with Crippen molar-refractivity contribution in [2.45, 2.75) is 169 Å². The number of nitrogens with zero attached hydrogens (tertiary/aromatic N) is 1. The Morgan fingerprint density at radius 2 is 1.35 bits per heavy atom. The van der Waals surface area contributed by atoms with Gasteiger partial charge in [0.05, 0.1) is 0 Å². The number of pyridine rings is 1. The first kappa shape index (κ1) is 40.3. The highest BCUT2D eigenvalue weighted by molar-refractivity contribution is 5.24. The molecule has 270 valence electrons. The fourth-order valence-electron chi connectivity index (χ4n) is 8.94. The predicted octanol–water partition coefficient (Wildman–Crippen LogP) is 11.2. The van der Waals surface area contributed by atoms with Crippen LogP contribution in [0.4, 0.5) is 0 Å². The van der Waals surface area contributed by atoms with Crippen LogP contribution in [0, 0.1) is 17.8 Å². The highest BCUT2D eigenvalue weighted by atomic mass is 15.0. The number of allylic oxidation sites excluding steroid dienone is 2. The third-order valence-electron chi connectivity index (χ3n) is 11.8. The zero-order chi connectivity index (χ0) is 34.7. The van der Waals surface area contributed by atoms with Gasteiger partial charge < -0.3 is 16.0 Å². The van der Waals surface area contributed by atoms with Gasteiger partial charge in [-0.2, -0.15) is 0 Å². The van der Waals surface area contributed by atoms with E-state index in [1.165, 1.54) is 108 Å². The van der Waals surface area contributed by atoms with Crippen LogP contribution < -0.4 is 16.0 Å². The molecule has 8 atom stereocenters. The van der Waals surface area contributed by atoms with Crippen LogP contribution in [0.2, 0.25) is 0 Å². The van der Waals surface area contributed by atoms with Crippen molar-refractivity contribution in [1.29, 1.82) is 0 Å². The Morgan fingerprint density at radius 3 is 1.94 bits per heavy atom. The quantitative estimate of drug-likeness (QED) is 0.251. The maximum absolute atomic E-state index is 4.61. The van der Waals surface area contributed by atoms with Crippen molar-refractivity contribution in [1.82, 2.24) is 20.9 Å². The topological polar surface area (TPSA) is 49.0 Å². The Balaban J connectivity index is 0.000000257. The molecule has 2 fully saturated rings. The standard InChI is InChI=1S/C24H37N3.C16H25N.2C2H6/c1-3-20(23-9-5-7-15-26-23)19-11-10-18-12-13-22(27-24(18)16-19)17(2)21-8-4-6-14-25-21;1-3-13(2)16(14-9-5-4-6-10-14)15-11-7-8-12-17-15;2*1-2/h4,6,8,14,17,19-20,22-23,26-27H,3,5,7,9-13,15-16H2,1-2H3;4-6,9-10,13,15-17H,3,7-8,11-12H2,1-2H3;2*1-2H3. The maximum atomic E-state index is 4.61. The lowest BCUT2D eigenvalue weighted by molar-refractivity contribution is 0.186. The summed E-state index contributed by atoms with van der Waals surface area (Å²) in [6.45, 7) is 19.9. The molecule has 0 amide bonds. The van der Waals surface area contributed by atoms with Crippen LogP contribution in [0.1, 0.15) is 162 Å². The Hall–Kier alpha value is -2.17. The molecule has 1 aliphatic carbocycles. The van der Waals surface area contributed by atoms with Crippen molar-refractivity contribution < 1.29 is 0 Å². The zero-order valence-electron chi connectivity index (χ0n) is 32.4. The summed E-state index contributed by atoms with van der Waals surface area (Å²) >= 11 is 0. The summed E-state index contributed by atoms with van der Waals surface area (Å²) < 4.78 is 0. The van der Waals surface area contributed by atoms with Crippen molar-refractivity contribution in [3.8, 4) is 0 Å². The van der Waals surface area contributed by atoms with Crippen molar-refractivity contribution >= 4 is 0 Å². The van der Waals surface area contributed by atoms with E-state index in [0.29, 0.717) is 23.9 Å². The maximum Gasteiger partial charge on any atom is 0.0452 e. The zero-order valence-corrected chi connectivity index (χ0v) is 32.4. The van der Waals surface area contributed by atoms with E-state index >= 15 is 0 Å². The summed E-state index contributed by atoms with van der Waals surface area (Å²) in [5.41, 5.74) is 6.06. The van der Waals surface area contributed by atoms with E-state index in [4.69, 9.17) is 0 Å². The van der Waals surface area contributed by atoms with Crippen molar-refractivity contribution in [2.75, 3.05) is 13.1 Å². The van der Waals surface area contributed by atoms with Gasteiger partial charge in [0.15, 0.2) is 0 Å². The lowest BCUT2D eigenvalue weighted by atomic mass is 9.71. The molecule has 1 aromatic carbocycles. The molecule has 0 saturated carbocycles. The molecule has 4 heteroatoms. The molecule has 4 aliphatic rings. The fraction of sp³-hybridized carbons (Fsp3) is 0.705. The molecule has 6 rings (SSSR count). The van der Waals surface area contributed by atoms with Gasteiger partial charge in [-0.1, -0.05) is 123 Å². The summed E-state index contributed by atoms with van der Waals surface area (Å²) in [6.07, 6.45) is 19.3. The number of aromatic nitrogens is 1. The Morgan fingerprint density at radius 1 is 0.708 bits per heavy atom. The molecule has 2 saturated heterocycles. The number of hydrogen-bond acceptors (Lipinski definition) is 4. The first-order valence-electron chi connectivity index (χ1n) is 20.5. The molecule has 4 heterocycles. The molecule has 0 radical (unpaired) electrons. The van der Waals surface area contributed by atoms with Gasteiger partial charge in [-0.25, -0.2) is 0 Å². The molecule has 8 unspecified atom stereocenters. The Bertz CT molecular complexity index is 1120. The van der Waals surface area contributed by atoms with Crippen LogP contribution >= 0.6 is 0 Å². The summed E-state index contributed by atoms with van der Waals surface area (Å²) in [7, 11) is 0. The summed E-state index contributed by atoms with van der Waals surface area (Å²) in [4.78, 5) is 4.61. The molecule has 1 aromatic heterocycles. The van der Waals surface area contributed by atoms with E-state index in [2.05, 4.69) is 91.1 Å². The number of nitrogens with one attached hydrogen (secondary N) is 3. The van der Waals surface area contributed by atoms with Gasteiger partial charge in [-0.15, -0.1) is 0 Å². The monoisotopic (exact) mass is 659 g/mol. The largest absolute Gasteiger partial charge is 0.385 e. The highest BCUT2D eigenvalue weighted by Crippen LogP contribution is 2.41. The molecule has 3 aliphatic heterocycles. The minimum atomic E-state index is 0.475. The normalized spacial score (nSPS) is 26.2. The lowest BCUT2D eigenvalue weighted by Crippen LogP contribution is -2.45. The number of benzene rings is 1. The van der Waals surface area contributed by atoms with E-state index in [9.17, 15) is 0 Å². The van der Waals surface area contributed by atoms with Crippen LogP contribution in [0.5, 0.6) is 0 Å². The highest BCUT2D eigenvalue weighted by Gasteiger charge is 2.35. The smallest absolute Gasteiger partial charge is 0.0452 e. The minimum absolute atomic E-state index is 0.475. The van der Waals surface area contributed by atoms with Gasteiger partial charge >= 0.3 is 0 Å². The van der Waals surface area contributed by atoms with Gasteiger partial charge in [0.2, 0.25) is 0 Å². The molecule has 0 bridgehead atoms. The van der Waals surface area contributed by atoms with Crippen LogP contribution in [0.25, 0.3) is 0 Å². The van der Waals surface area contributed by atoms with Gasteiger partial charge in [0, 0.05) is 47.5 Å². The molecular formula is C44H74N4. The lowest BCUT2D eigenvalue weighted by Gasteiger charge is -2.42. The van der Waals surface area contributed by atoms with E-state index in [1.807, 2.05) is 40.0 Å². The van der Waals surface area contributed by atoms with Crippen molar-refractivity contribution in [3.05, 3.63) is 77.3 Å². The molecule has 2 aromatic rings. The second kappa shape index (κ2) is 22.5. The van der Waals surface area contributed by atoms with Crippen molar-refractivity contribution in [2.24, 2.45) is 17.8 Å². The molecule has 0 spiro atoms. The SMILES string of the molecule is CC.CC.CCC(C)C(c1ccccc1)C1CCCCN1.CCC(C1CCC2=C(C1)NC(C(C)c1ccccn1)CC2)C1CCCCN1. The van der Waals surface area contributed by atoms with Crippen LogP contribution in [0.15, 0.2) is 66.0 Å². The predicted molar refractivity (Wildman–Crippen MR) is 210 cm³/mol. The van der Waals surface area contributed by atoms with Crippen LogP contribution in [-0.2, 0) is 0 Å². The molecular weight excluding hydrogens is 585 g/mol. The fourth-order valence-corrected chi connectivity index (χ4v) is 8.94. The average Bonchev–Trinajstić information content (AvgIpc) is 3.18. The van der Waals surface area contributed by atoms with Gasteiger partial charge in [0.1, 0.15) is 0 Å². The second-order valence-electron chi connectivity index (χ2n) is 14.4. The third kappa shape index (κ3) is 11.4. The van der Waals surface area contributed by atoms with Gasteiger partial charge in [-0.05, 0) is 106 Å². The van der Waals surface area contributed by atoms with Crippen LogP contribution in [-0.4, -0.2) is 36.2 Å². The number of rotatable bonds is 9. The van der Waals surface area contributed by atoms with Gasteiger partial charge in [-0.3, -0.25) is 4.98 Å². The first-order chi connectivity index (χ1) is 23.6. The Kier molecular flexibility index (Phi) is 18.9.